The van der Waals surface area contributed by atoms with Crippen molar-refractivity contribution in [3.8, 4) is 0 Å². The molecule has 0 fully saturated rings. The third kappa shape index (κ3) is 3.34. The van der Waals surface area contributed by atoms with Gasteiger partial charge < -0.3 is 15.7 Å². The molecule has 5 nitrogen and oxygen atoms in total. The van der Waals surface area contributed by atoms with E-state index in [0.29, 0.717) is 11.7 Å². The SMILES string of the molecule is CCN(CC(C)C)c1cc(C(=O)O)c(N)cn1. The Morgan fingerprint density at radius 3 is 2.71 bits per heavy atom. The Kier molecular flexibility index (Phi) is 4.31. The minimum absolute atomic E-state index is 0.109. The lowest BCUT2D eigenvalue weighted by Gasteiger charge is -2.24. The molecule has 0 amide bonds. The van der Waals surface area contributed by atoms with Crippen molar-refractivity contribution in [1.29, 1.82) is 0 Å². The fourth-order valence-electron chi connectivity index (χ4n) is 1.64. The van der Waals surface area contributed by atoms with Gasteiger partial charge in [0, 0.05) is 13.1 Å². The number of carbonyl (C=O) groups is 1. The number of aromatic carboxylic acids is 1. The first-order valence-corrected chi connectivity index (χ1v) is 5.69. The van der Waals surface area contributed by atoms with Crippen molar-refractivity contribution < 1.29 is 9.90 Å². The number of nitrogens with zero attached hydrogens (tertiary/aromatic N) is 2. The second-order valence-electron chi connectivity index (χ2n) is 4.37. The topological polar surface area (TPSA) is 79.5 Å². The molecule has 94 valence electrons. The van der Waals surface area contributed by atoms with E-state index in [1.807, 2.05) is 11.8 Å². The molecule has 0 aliphatic carbocycles. The van der Waals surface area contributed by atoms with Crippen LogP contribution >= 0.6 is 0 Å². The number of carboxylic acids is 1. The lowest BCUT2D eigenvalue weighted by molar-refractivity contribution is 0.0698. The van der Waals surface area contributed by atoms with E-state index in [4.69, 9.17) is 10.8 Å². The standard InChI is InChI=1S/C12H19N3O2/c1-4-15(7-8(2)3)11-5-9(12(16)17)10(13)6-14-11/h5-6,8H,4,7,13H2,1-3H3,(H,16,17). The number of pyridine rings is 1. The lowest BCUT2D eigenvalue weighted by Crippen LogP contribution is -2.28. The Hall–Kier alpha value is -1.78. The summed E-state index contributed by atoms with van der Waals surface area (Å²) in [4.78, 5) is 17.2. The predicted molar refractivity (Wildman–Crippen MR) is 68.3 cm³/mol. The molecule has 0 aliphatic rings. The van der Waals surface area contributed by atoms with E-state index in [9.17, 15) is 4.79 Å². The van der Waals surface area contributed by atoms with Crippen molar-refractivity contribution in [3.63, 3.8) is 0 Å². The second-order valence-corrected chi connectivity index (χ2v) is 4.37. The number of carboxylic acid groups (broad SMARTS) is 1. The van der Waals surface area contributed by atoms with Gasteiger partial charge in [0.05, 0.1) is 17.4 Å². The van der Waals surface area contributed by atoms with Gasteiger partial charge >= 0.3 is 5.97 Å². The van der Waals surface area contributed by atoms with E-state index in [1.165, 1.54) is 12.3 Å². The monoisotopic (exact) mass is 237 g/mol. The molecule has 0 aromatic carbocycles. The molecule has 1 heterocycles. The van der Waals surface area contributed by atoms with E-state index in [1.54, 1.807) is 0 Å². The van der Waals surface area contributed by atoms with Gasteiger partial charge in [0.15, 0.2) is 0 Å². The van der Waals surface area contributed by atoms with Crippen LogP contribution in [0, 0.1) is 5.92 Å². The van der Waals surface area contributed by atoms with Crippen LogP contribution in [-0.4, -0.2) is 29.1 Å². The summed E-state index contributed by atoms with van der Waals surface area (Å²) in [5.41, 5.74) is 5.88. The first kappa shape index (κ1) is 13.3. The molecule has 17 heavy (non-hydrogen) atoms. The number of nitrogen functional groups attached to an aromatic ring is 1. The number of aromatic nitrogens is 1. The molecule has 1 aromatic heterocycles. The van der Waals surface area contributed by atoms with Gasteiger partial charge in [0.1, 0.15) is 5.82 Å². The summed E-state index contributed by atoms with van der Waals surface area (Å²) >= 11 is 0. The van der Waals surface area contributed by atoms with E-state index >= 15 is 0 Å². The van der Waals surface area contributed by atoms with Gasteiger partial charge in [-0.2, -0.15) is 0 Å². The van der Waals surface area contributed by atoms with Crippen molar-refractivity contribution in [3.05, 3.63) is 17.8 Å². The van der Waals surface area contributed by atoms with Crippen molar-refractivity contribution in [2.45, 2.75) is 20.8 Å². The van der Waals surface area contributed by atoms with Crippen LogP contribution in [0.4, 0.5) is 11.5 Å². The summed E-state index contributed by atoms with van der Waals surface area (Å²) in [6.45, 7) is 7.86. The molecule has 0 spiro atoms. The van der Waals surface area contributed by atoms with Crippen molar-refractivity contribution >= 4 is 17.5 Å². The first-order valence-electron chi connectivity index (χ1n) is 5.69. The van der Waals surface area contributed by atoms with Gasteiger partial charge in [-0.3, -0.25) is 0 Å². The molecular weight excluding hydrogens is 218 g/mol. The van der Waals surface area contributed by atoms with Crippen molar-refractivity contribution in [1.82, 2.24) is 4.98 Å². The van der Waals surface area contributed by atoms with Gasteiger partial charge in [-0.25, -0.2) is 9.78 Å². The van der Waals surface area contributed by atoms with Gasteiger partial charge in [-0.05, 0) is 18.9 Å². The molecule has 0 radical (unpaired) electrons. The summed E-state index contributed by atoms with van der Waals surface area (Å²) in [5.74, 6) is 0.127. The Balaban J connectivity index is 3.04. The highest BCUT2D eigenvalue weighted by atomic mass is 16.4. The maximum absolute atomic E-state index is 11.0. The fourth-order valence-corrected chi connectivity index (χ4v) is 1.64. The number of hydrogen-bond donors (Lipinski definition) is 2. The highest BCUT2D eigenvalue weighted by Gasteiger charge is 2.13. The van der Waals surface area contributed by atoms with Crippen LogP contribution in [0.1, 0.15) is 31.1 Å². The van der Waals surface area contributed by atoms with Crippen molar-refractivity contribution in [2.75, 3.05) is 23.7 Å². The maximum Gasteiger partial charge on any atom is 0.337 e. The summed E-state index contributed by atoms with van der Waals surface area (Å²) in [6, 6.07) is 1.53. The van der Waals surface area contributed by atoms with Crippen LogP contribution in [0.5, 0.6) is 0 Å². The Morgan fingerprint density at radius 2 is 2.24 bits per heavy atom. The number of hydrogen-bond acceptors (Lipinski definition) is 4. The van der Waals surface area contributed by atoms with E-state index < -0.39 is 5.97 Å². The number of anilines is 2. The summed E-state index contributed by atoms with van der Waals surface area (Å²) in [6.07, 6.45) is 1.40. The van der Waals surface area contributed by atoms with E-state index in [0.717, 1.165) is 13.1 Å². The molecule has 1 aromatic rings. The normalized spacial score (nSPS) is 10.6. The zero-order valence-electron chi connectivity index (χ0n) is 10.5. The third-order valence-corrected chi connectivity index (χ3v) is 2.44. The molecule has 0 unspecified atom stereocenters. The Bertz CT molecular complexity index is 405. The molecule has 1 rings (SSSR count). The molecule has 3 N–H and O–H groups in total. The number of nitrogens with two attached hydrogens (primary N) is 1. The van der Waals surface area contributed by atoms with Gasteiger partial charge in [-0.1, -0.05) is 13.8 Å². The molecular formula is C12H19N3O2. The highest BCUT2D eigenvalue weighted by Crippen LogP contribution is 2.19. The van der Waals surface area contributed by atoms with Crippen LogP contribution in [0.25, 0.3) is 0 Å². The predicted octanol–water partition coefficient (Wildman–Crippen LogP) is 1.84. The molecule has 0 atom stereocenters. The van der Waals surface area contributed by atoms with Crippen LogP contribution in [0.15, 0.2) is 12.3 Å². The average molecular weight is 237 g/mol. The van der Waals surface area contributed by atoms with Gasteiger partial charge in [0.25, 0.3) is 0 Å². The Labute approximate surface area is 101 Å². The number of rotatable bonds is 5. The minimum Gasteiger partial charge on any atom is -0.478 e. The highest BCUT2D eigenvalue weighted by molar-refractivity contribution is 5.94. The minimum atomic E-state index is -1.02. The van der Waals surface area contributed by atoms with Crippen LogP contribution in [0.2, 0.25) is 0 Å². The van der Waals surface area contributed by atoms with Gasteiger partial charge in [0.2, 0.25) is 0 Å². The molecule has 5 heteroatoms. The first-order chi connectivity index (χ1) is 7.95. The fraction of sp³-hybridized carbons (Fsp3) is 0.500. The summed E-state index contributed by atoms with van der Waals surface area (Å²) in [5, 5.41) is 9.00. The zero-order valence-corrected chi connectivity index (χ0v) is 10.5. The zero-order chi connectivity index (χ0) is 13.0. The average Bonchev–Trinajstić information content (AvgIpc) is 2.26. The second kappa shape index (κ2) is 5.52. The van der Waals surface area contributed by atoms with Gasteiger partial charge in [-0.15, -0.1) is 0 Å². The molecule has 0 aliphatic heterocycles. The van der Waals surface area contributed by atoms with Crippen LogP contribution < -0.4 is 10.6 Å². The van der Waals surface area contributed by atoms with E-state index in [-0.39, 0.29) is 11.3 Å². The molecule has 0 bridgehead atoms. The summed E-state index contributed by atoms with van der Waals surface area (Å²) in [7, 11) is 0. The third-order valence-electron chi connectivity index (χ3n) is 2.44. The lowest BCUT2D eigenvalue weighted by atomic mass is 10.2. The van der Waals surface area contributed by atoms with Crippen molar-refractivity contribution in [2.24, 2.45) is 5.92 Å². The van der Waals surface area contributed by atoms with Crippen LogP contribution in [-0.2, 0) is 0 Å². The Morgan fingerprint density at radius 1 is 1.59 bits per heavy atom. The summed E-state index contributed by atoms with van der Waals surface area (Å²) < 4.78 is 0. The van der Waals surface area contributed by atoms with E-state index in [2.05, 4.69) is 18.8 Å². The maximum atomic E-state index is 11.0. The van der Waals surface area contributed by atoms with Crippen LogP contribution in [0.3, 0.4) is 0 Å². The smallest absolute Gasteiger partial charge is 0.337 e. The largest absolute Gasteiger partial charge is 0.478 e. The molecule has 0 saturated heterocycles. The molecule has 0 saturated carbocycles. The quantitative estimate of drug-likeness (QED) is 0.817.